The van der Waals surface area contributed by atoms with Gasteiger partial charge in [-0.05, 0) is 11.1 Å². The Balaban J connectivity index is 0.000000620. The van der Waals surface area contributed by atoms with Gasteiger partial charge in [-0.1, -0.05) is 60.7 Å². The molecule has 0 saturated carbocycles. The van der Waals surface area contributed by atoms with Crippen molar-refractivity contribution >= 4 is 29.9 Å². The zero-order valence-corrected chi connectivity index (χ0v) is 17.1. The highest BCUT2D eigenvalue weighted by Crippen LogP contribution is 2.28. The van der Waals surface area contributed by atoms with Crippen molar-refractivity contribution in [3.63, 3.8) is 0 Å². The van der Waals surface area contributed by atoms with Crippen LogP contribution in [0.5, 0.6) is 0 Å². The van der Waals surface area contributed by atoms with E-state index in [4.69, 9.17) is 5.11 Å². The zero-order valence-electron chi connectivity index (χ0n) is 14.8. The molecule has 0 fully saturated rings. The Kier molecular flexibility index (Phi) is 9.88. The van der Waals surface area contributed by atoms with Gasteiger partial charge >= 0.3 is 0 Å². The molecule has 0 spiro atoms. The summed E-state index contributed by atoms with van der Waals surface area (Å²) in [4.78, 5) is 11.3. The lowest BCUT2D eigenvalue weighted by atomic mass is 9.86. The van der Waals surface area contributed by atoms with Crippen molar-refractivity contribution in [1.29, 1.82) is 0 Å². The van der Waals surface area contributed by atoms with Gasteiger partial charge in [-0.3, -0.25) is 0 Å². The van der Waals surface area contributed by atoms with Crippen LogP contribution in [-0.2, 0) is 10.4 Å². The lowest BCUT2D eigenvalue weighted by Gasteiger charge is -2.30. The van der Waals surface area contributed by atoms with Crippen LogP contribution in [0.4, 0.5) is 0 Å². The summed E-state index contributed by atoms with van der Waals surface area (Å²) >= 11 is 0. The molecule has 25 heavy (non-hydrogen) atoms. The monoisotopic (exact) mass is 459 g/mol. The smallest absolute Gasteiger partial charge is 0.154 e. The predicted molar refractivity (Wildman–Crippen MR) is 106 cm³/mol. The molecule has 0 aliphatic rings. The fourth-order valence-corrected chi connectivity index (χ4v) is 2.06. The van der Waals surface area contributed by atoms with E-state index >= 15 is 0 Å². The number of aliphatic carboxylic acids is 1. The first-order valence-corrected chi connectivity index (χ1v) is 7.68. The quantitative estimate of drug-likeness (QED) is 0.516. The Hall–Kier alpha value is -1.48. The molecule has 0 aliphatic carbocycles. The molecule has 0 radical (unpaired) electrons. The number of carbonyl (C=O) groups is 1. The molecule has 2 aromatic rings. The van der Waals surface area contributed by atoms with E-state index in [0.29, 0.717) is 0 Å². The summed E-state index contributed by atoms with van der Waals surface area (Å²) in [6.45, 7) is 1.11. The number of rotatable bonds is 5. The van der Waals surface area contributed by atoms with E-state index in [1.807, 2.05) is 0 Å². The van der Waals surface area contributed by atoms with Crippen molar-refractivity contribution in [2.45, 2.75) is 5.60 Å². The van der Waals surface area contributed by atoms with Crippen LogP contribution in [-0.4, -0.2) is 55.0 Å². The number of likely N-dealkylation sites (N-methyl/N-ethyl adjacent to an activating group) is 1. The first-order valence-electron chi connectivity index (χ1n) is 7.68. The highest BCUT2D eigenvalue weighted by atomic mass is 127. The molecule has 6 heteroatoms. The maximum absolute atomic E-state index is 11.3. The van der Waals surface area contributed by atoms with Gasteiger partial charge in [0.25, 0.3) is 0 Å². The van der Waals surface area contributed by atoms with E-state index in [-0.39, 0.29) is 41.7 Å². The molecule has 0 bridgehead atoms. The molecule has 0 aromatic heterocycles. The van der Waals surface area contributed by atoms with E-state index < -0.39 is 11.6 Å². The van der Waals surface area contributed by atoms with Crippen molar-refractivity contribution in [1.82, 2.24) is 0 Å². The summed E-state index contributed by atoms with van der Waals surface area (Å²) in [7, 11) is 6.16. The van der Waals surface area contributed by atoms with E-state index in [1.54, 1.807) is 60.7 Å². The number of aliphatic hydroxyl groups is 2. The predicted octanol–water partition coefficient (Wildman–Crippen LogP) is 0.975. The van der Waals surface area contributed by atoms with Crippen LogP contribution in [0.1, 0.15) is 11.1 Å². The first kappa shape index (κ1) is 23.5. The van der Waals surface area contributed by atoms with Gasteiger partial charge in [0, 0.05) is 0 Å². The van der Waals surface area contributed by atoms with Crippen LogP contribution in [0, 0.1) is 0 Å². The number of benzene rings is 2. The summed E-state index contributed by atoms with van der Waals surface area (Å²) in [5.41, 5.74) is -1.54. The Labute approximate surface area is 166 Å². The number of carboxylic acids is 1. The van der Waals surface area contributed by atoms with Gasteiger partial charge in [0.15, 0.2) is 5.60 Å². The second kappa shape index (κ2) is 10.5. The Bertz CT molecular complexity index is 587. The summed E-state index contributed by atoms with van der Waals surface area (Å²) in [5.74, 6) is -1.53. The van der Waals surface area contributed by atoms with Crippen molar-refractivity contribution in [3.8, 4) is 0 Å². The van der Waals surface area contributed by atoms with Gasteiger partial charge in [-0.2, -0.15) is 0 Å². The highest BCUT2D eigenvalue weighted by Gasteiger charge is 2.32. The SMILES string of the molecule is C[N+](C)(C)CCO.I.O=C([O-])C(O)(c1ccccc1)c1ccccc1. The summed E-state index contributed by atoms with van der Waals surface area (Å²) in [5, 5.41) is 30.0. The van der Waals surface area contributed by atoms with Gasteiger partial charge < -0.3 is 24.6 Å². The Morgan fingerprint density at radius 1 is 0.960 bits per heavy atom. The maximum Gasteiger partial charge on any atom is 0.154 e. The molecule has 5 nitrogen and oxygen atoms in total. The third-order valence-electron chi connectivity index (χ3n) is 3.45. The standard InChI is InChI=1S/C14H12O3.C5H14NO.HI/c15-13(16)14(17,11-7-3-1-4-8-11)12-9-5-2-6-10-12;1-6(2,3)4-5-7;/h1-10,17H,(H,15,16);7H,4-5H2,1-3H3;1H/q;+1;/p-1. The number of hydrogen-bond donors (Lipinski definition) is 2. The zero-order chi connectivity index (χ0) is 18.2. The number of aliphatic hydroxyl groups excluding tert-OH is 1. The molecule has 0 unspecified atom stereocenters. The maximum atomic E-state index is 11.3. The fourth-order valence-electron chi connectivity index (χ4n) is 2.06. The van der Waals surface area contributed by atoms with Gasteiger partial charge in [-0.25, -0.2) is 0 Å². The van der Waals surface area contributed by atoms with Gasteiger partial charge in [0.05, 0.1) is 33.7 Å². The number of carbonyl (C=O) groups excluding carboxylic acids is 1. The number of carboxylic acid groups (broad SMARTS) is 1. The molecule has 2 N–H and O–H groups in total. The first-order chi connectivity index (χ1) is 11.2. The minimum absolute atomic E-state index is 0. The van der Waals surface area contributed by atoms with Crippen LogP contribution < -0.4 is 5.11 Å². The molecule has 0 atom stereocenters. The molecule has 0 amide bonds. The molecule has 2 rings (SSSR count). The third kappa shape index (κ3) is 7.11. The normalized spacial score (nSPS) is 10.9. The number of hydrogen-bond acceptors (Lipinski definition) is 4. The Morgan fingerprint density at radius 3 is 1.52 bits per heavy atom. The minimum Gasteiger partial charge on any atom is -0.546 e. The third-order valence-corrected chi connectivity index (χ3v) is 3.45. The summed E-state index contributed by atoms with van der Waals surface area (Å²) in [6, 6.07) is 16.4. The van der Waals surface area contributed by atoms with E-state index in [9.17, 15) is 15.0 Å². The van der Waals surface area contributed by atoms with Gasteiger partial charge in [0.1, 0.15) is 6.54 Å². The molecule has 0 aliphatic heterocycles. The van der Waals surface area contributed by atoms with E-state index in [1.165, 1.54) is 0 Å². The number of quaternary nitrogens is 1. The number of nitrogens with zero attached hydrogens (tertiary/aromatic N) is 1. The van der Waals surface area contributed by atoms with Crippen molar-refractivity contribution in [2.75, 3.05) is 34.3 Å². The van der Waals surface area contributed by atoms with Crippen molar-refractivity contribution in [2.24, 2.45) is 0 Å². The summed E-state index contributed by atoms with van der Waals surface area (Å²) in [6.07, 6.45) is 0. The average molecular weight is 459 g/mol. The topological polar surface area (TPSA) is 80.6 Å². The fraction of sp³-hybridized carbons (Fsp3) is 0.316. The van der Waals surface area contributed by atoms with Crippen LogP contribution in [0.25, 0.3) is 0 Å². The summed E-state index contributed by atoms with van der Waals surface area (Å²) < 4.78 is 0.844. The largest absolute Gasteiger partial charge is 0.546 e. The lowest BCUT2D eigenvalue weighted by Crippen LogP contribution is -2.46. The molecule has 2 aromatic carbocycles. The second-order valence-corrected chi connectivity index (χ2v) is 6.47. The average Bonchev–Trinajstić information content (AvgIpc) is 2.55. The van der Waals surface area contributed by atoms with Gasteiger partial charge in [-0.15, -0.1) is 24.0 Å². The molecular formula is C19H26INO4. The highest BCUT2D eigenvalue weighted by molar-refractivity contribution is 14.0. The van der Waals surface area contributed by atoms with Crippen LogP contribution in [0.3, 0.4) is 0 Å². The lowest BCUT2D eigenvalue weighted by molar-refractivity contribution is -0.870. The van der Waals surface area contributed by atoms with Crippen molar-refractivity contribution in [3.05, 3.63) is 71.8 Å². The van der Waals surface area contributed by atoms with Crippen molar-refractivity contribution < 1.29 is 24.6 Å². The van der Waals surface area contributed by atoms with Crippen LogP contribution in [0.2, 0.25) is 0 Å². The molecule has 0 heterocycles. The van der Waals surface area contributed by atoms with E-state index in [2.05, 4.69) is 21.1 Å². The molecule has 0 saturated heterocycles. The number of halogens is 1. The second-order valence-electron chi connectivity index (χ2n) is 6.47. The van der Waals surface area contributed by atoms with Crippen LogP contribution >= 0.6 is 24.0 Å². The molecular weight excluding hydrogens is 433 g/mol. The van der Waals surface area contributed by atoms with E-state index in [0.717, 1.165) is 11.0 Å². The van der Waals surface area contributed by atoms with Gasteiger partial charge in [0.2, 0.25) is 0 Å². The Morgan fingerprint density at radius 2 is 1.32 bits per heavy atom. The molecule has 138 valence electrons. The minimum atomic E-state index is -2.11. The van der Waals surface area contributed by atoms with Crippen LogP contribution in [0.15, 0.2) is 60.7 Å².